The van der Waals surface area contributed by atoms with Gasteiger partial charge in [-0.1, -0.05) is 76.2 Å². The van der Waals surface area contributed by atoms with E-state index in [1.807, 2.05) is 0 Å². The fraction of sp³-hybridized carbons (Fsp3) is 0.762. The zero-order valence-electron chi connectivity index (χ0n) is 15.1. The third-order valence-corrected chi connectivity index (χ3v) is 3.98. The Morgan fingerprint density at radius 2 is 1.18 bits per heavy atom. The third-order valence-electron chi connectivity index (χ3n) is 3.98. The lowest BCUT2D eigenvalue weighted by Gasteiger charge is -2.00. The number of hydrogen-bond acceptors (Lipinski definition) is 1. The topological polar surface area (TPSA) is 17.1 Å². The van der Waals surface area contributed by atoms with Gasteiger partial charge in [-0.25, -0.2) is 0 Å². The average Bonchev–Trinajstić information content (AvgIpc) is 2.50. The molecule has 0 fully saturated rings. The highest BCUT2D eigenvalue weighted by molar-refractivity contribution is 5.75. The third kappa shape index (κ3) is 19.1. The van der Waals surface area contributed by atoms with Gasteiger partial charge in [-0.2, -0.15) is 0 Å². The molecule has 0 radical (unpaired) electrons. The molecule has 0 aromatic carbocycles. The highest BCUT2D eigenvalue weighted by Gasteiger charge is 1.94. The Labute approximate surface area is 139 Å². The molecule has 1 heteroatoms. The zero-order valence-corrected chi connectivity index (χ0v) is 15.1. The minimum Gasteiger partial charge on any atom is -0.300 e. The van der Waals surface area contributed by atoms with Crippen LogP contribution in [0, 0.1) is 0 Å². The molecule has 0 saturated heterocycles. The molecule has 0 amide bonds. The quantitative estimate of drug-likeness (QED) is 0.218. The predicted octanol–water partition coefficient (Wildman–Crippen LogP) is 7.17. The summed E-state index contributed by atoms with van der Waals surface area (Å²) in [5, 5.41) is 0. The van der Waals surface area contributed by atoms with Gasteiger partial charge in [0.2, 0.25) is 0 Å². The van der Waals surface area contributed by atoms with Crippen molar-refractivity contribution in [1.29, 1.82) is 0 Å². The van der Waals surface area contributed by atoms with Crippen LogP contribution in [-0.2, 0) is 4.79 Å². The summed E-state index contributed by atoms with van der Waals surface area (Å²) in [5.41, 5.74) is 0. The van der Waals surface area contributed by atoms with Gasteiger partial charge in [0.25, 0.3) is 0 Å². The van der Waals surface area contributed by atoms with Gasteiger partial charge < -0.3 is 4.79 Å². The van der Waals surface area contributed by atoms with Crippen molar-refractivity contribution >= 4 is 5.78 Å². The van der Waals surface area contributed by atoms with Crippen molar-refractivity contribution < 1.29 is 4.79 Å². The van der Waals surface area contributed by atoms with Gasteiger partial charge in [0, 0.05) is 6.42 Å². The summed E-state index contributed by atoms with van der Waals surface area (Å²) in [7, 11) is 0. The number of allylic oxidation sites excluding steroid dienone is 4. The van der Waals surface area contributed by atoms with Crippen LogP contribution in [0.25, 0.3) is 0 Å². The molecule has 0 N–H and O–H groups in total. The number of carbonyl (C=O) groups excluding carboxylic acids is 1. The summed E-state index contributed by atoms with van der Waals surface area (Å²) < 4.78 is 0. The molecule has 0 aliphatic rings. The second-order valence-electron chi connectivity index (χ2n) is 6.39. The Hall–Kier alpha value is -0.850. The van der Waals surface area contributed by atoms with E-state index in [0.29, 0.717) is 5.78 Å². The zero-order chi connectivity index (χ0) is 16.3. The molecule has 128 valence electrons. The molecule has 0 bridgehead atoms. The first-order valence-electron chi connectivity index (χ1n) is 9.56. The highest BCUT2D eigenvalue weighted by atomic mass is 16.1. The maximum absolute atomic E-state index is 10.8. The minimum atomic E-state index is 0.336. The first kappa shape index (κ1) is 21.1. The lowest BCUT2D eigenvalue weighted by molar-refractivity contribution is -0.117. The van der Waals surface area contributed by atoms with Crippen molar-refractivity contribution in [3.05, 3.63) is 24.3 Å². The van der Waals surface area contributed by atoms with Crippen molar-refractivity contribution in [3.8, 4) is 0 Å². The molecular weight excluding hydrogens is 268 g/mol. The van der Waals surface area contributed by atoms with E-state index < -0.39 is 0 Å². The average molecular weight is 307 g/mol. The van der Waals surface area contributed by atoms with E-state index in [2.05, 4.69) is 31.2 Å². The molecule has 0 aromatic rings. The lowest BCUT2D eigenvalue weighted by Crippen LogP contribution is -1.89. The summed E-state index contributed by atoms with van der Waals surface area (Å²) in [5.74, 6) is 0.336. The molecule has 0 unspecified atom stereocenters. The van der Waals surface area contributed by atoms with Crippen LogP contribution >= 0.6 is 0 Å². The molecule has 0 spiro atoms. The highest BCUT2D eigenvalue weighted by Crippen LogP contribution is 2.10. The van der Waals surface area contributed by atoms with Crippen LogP contribution in [0.4, 0.5) is 0 Å². The molecule has 0 heterocycles. The molecule has 0 atom stereocenters. The fourth-order valence-electron chi connectivity index (χ4n) is 2.54. The molecule has 0 saturated carbocycles. The summed E-state index contributed by atoms with van der Waals surface area (Å²) >= 11 is 0. The van der Waals surface area contributed by atoms with E-state index in [1.165, 1.54) is 70.6 Å². The van der Waals surface area contributed by atoms with Crippen LogP contribution in [0.5, 0.6) is 0 Å². The van der Waals surface area contributed by atoms with Gasteiger partial charge in [-0.05, 0) is 45.4 Å². The maximum Gasteiger partial charge on any atom is 0.129 e. The fourth-order valence-corrected chi connectivity index (χ4v) is 2.54. The van der Waals surface area contributed by atoms with E-state index >= 15 is 0 Å². The van der Waals surface area contributed by atoms with E-state index in [0.717, 1.165) is 19.3 Å². The van der Waals surface area contributed by atoms with Gasteiger partial charge in [0.15, 0.2) is 0 Å². The number of carbonyl (C=O) groups is 1. The normalized spacial score (nSPS) is 11.7. The van der Waals surface area contributed by atoms with Crippen LogP contribution in [0.3, 0.4) is 0 Å². The molecular formula is C21H38O. The van der Waals surface area contributed by atoms with Gasteiger partial charge in [-0.15, -0.1) is 0 Å². The second-order valence-corrected chi connectivity index (χ2v) is 6.39. The number of Topliss-reactive ketones (excluding diaryl/α,β-unsaturated/α-hetero) is 1. The summed E-state index contributed by atoms with van der Waals surface area (Å²) in [6.07, 6.45) is 26.6. The van der Waals surface area contributed by atoms with E-state index in [-0.39, 0.29) is 0 Å². The number of ketones is 1. The molecule has 0 aliphatic heterocycles. The Kier molecular flexibility index (Phi) is 17.5. The van der Waals surface area contributed by atoms with Crippen molar-refractivity contribution in [1.82, 2.24) is 0 Å². The van der Waals surface area contributed by atoms with Crippen LogP contribution in [0.1, 0.15) is 104 Å². The van der Waals surface area contributed by atoms with Crippen molar-refractivity contribution in [2.24, 2.45) is 0 Å². The van der Waals surface area contributed by atoms with Crippen LogP contribution in [0.15, 0.2) is 24.3 Å². The first-order chi connectivity index (χ1) is 10.8. The van der Waals surface area contributed by atoms with E-state index in [4.69, 9.17) is 0 Å². The Balaban J connectivity index is 3.15. The number of unbranched alkanes of at least 4 members (excludes halogenated alkanes) is 10. The smallest absolute Gasteiger partial charge is 0.129 e. The number of rotatable bonds is 16. The molecule has 0 aliphatic carbocycles. The standard InChI is InChI=1S/C21H38O/c1-3-4-5-6-7-8-9-10-11-12-13-14-15-16-17-18-19-20-21(2)22/h7-8,10-11H,3-6,9,12-20H2,1-2H3/b8-7-,11-10-. The molecule has 22 heavy (non-hydrogen) atoms. The van der Waals surface area contributed by atoms with Gasteiger partial charge >= 0.3 is 0 Å². The summed E-state index contributed by atoms with van der Waals surface area (Å²) in [4.78, 5) is 10.8. The molecule has 0 rings (SSSR count). The lowest BCUT2D eigenvalue weighted by atomic mass is 10.1. The second kappa shape index (κ2) is 18.2. The minimum absolute atomic E-state index is 0.336. The first-order valence-corrected chi connectivity index (χ1v) is 9.56. The van der Waals surface area contributed by atoms with Gasteiger partial charge in [-0.3, -0.25) is 0 Å². The Morgan fingerprint density at radius 3 is 1.73 bits per heavy atom. The Morgan fingerprint density at radius 1 is 0.682 bits per heavy atom. The SMILES string of the molecule is CCCCC/C=C\C/C=C\CCCCCCCCCC(C)=O. The summed E-state index contributed by atoms with van der Waals surface area (Å²) in [6, 6.07) is 0. The monoisotopic (exact) mass is 306 g/mol. The van der Waals surface area contributed by atoms with Crippen LogP contribution in [-0.4, -0.2) is 5.78 Å². The van der Waals surface area contributed by atoms with Crippen molar-refractivity contribution in [2.45, 2.75) is 104 Å². The van der Waals surface area contributed by atoms with Crippen molar-refractivity contribution in [2.75, 3.05) is 0 Å². The summed E-state index contributed by atoms with van der Waals surface area (Å²) in [6.45, 7) is 3.94. The number of hydrogen-bond donors (Lipinski definition) is 0. The van der Waals surface area contributed by atoms with Crippen molar-refractivity contribution in [3.63, 3.8) is 0 Å². The largest absolute Gasteiger partial charge is 0.300 e. The van der Waals surface area contributed by atoms with Gasteiger partial charge in [0.05, 0.1) is 0 Å². The van der Waals surface area contributed by atoms with Crippen LogP contribution < -0.4 is 0 Å². The van der Waals surface area contributed by atoms with E-state index in [1.54, 1.807) is 6.92 Å². The maximum atomic E-state index is 10.8. The predicted molar refractivity (Wildman–Crippen MR) is 99.3 cm³/mol. The van der Waals surface area contributed by atoms with Gasteiger partial charge in [0.1, 0.15) is 5.78 Å². The molecule has 1 nitrogen and oxygen atoms in total. The Bertz CT molecular complexity index is 288. The molecule has 0 aromatic heterocycles. The van der Waals surface area contributed by atoms with E-state index in [9.17, 15) is 4.79 Å². The van der Waals surface area contributed by atoms with Crippen LogP contribution in [0.2, 0.25) is 0 Å².